The molecule has 1 aliphatic heterocycles. The molecule has 0 atom stereocenters. The Morgan fingerprint density at radius 1 is 1.28 bits per heavy atom. The number of carbonyl (C=O) groups is 1. The number of amides is 1. The number of hydrogen-bond acceptors (Lipinski definition) is 5. The molecule has 0 spiro atoms. The molecule has 1 aliphatic carbocycles. The van der Waals surface area contributed by atoms with Crippen LogP contribution >= 0.6 is 0 Å². The zero-order valence-electron chi connectivity index (χ0n) is 19.3. The first kappa shape index (κ1) is 20.9. The van der Waals surface area contributed by atoms with Gasteiger partial charge in [0.15, 0.2) is 5.82 Å². The normalized spacial score (nSPS) is 15.9. The summed E-state index contributed by atoms with van der Waals surface area (Å²) in [4.78, 5) is 15.5. The predicted molar refractivity (Wildman–Crippen MR) is 119 cm³/mol. The van der Waals surface area contributed by atoms with Crippen LogP contribution in [0.25, 0.3) is 11.5 Å². The summed E-state index contributed by atoms with van der Waals surface area (Å²) in [6.45, 7) is 7.58. The van der Waals surface area contributed by atoms with E-state index in [-0.39, 0.29) is 5.91 Å². The van der Waals surface area contributed by atoms with Crippen molar-refractivity contribution in [3.05, 3.63) is 40.6 Å². The number of methoxy groups -OCH3 is 1. The minimum atomic E-state index is 0.0710. The molecule has 3 aromatic rings. The highest BCUT2D eigenvalue weighted by atomic mass is 16.5. The highest BCUT2D eigenvalue weighted by molar-refractivity contribution is 5.96. The SMILES string of the molecule is COCCn1c(C)cc(C(=O)N2CCc3c(c(-c4nncn4CC4CC4)nn3C)C2)c1C. The van der Waals surface area contributed by atoms with Crippen molar-refractivity contribution in [3.8, 4) is 11.5 Å². The molecule has 0 saturated heterocycles. The van der Waals surface area contributed by atoms with E-state index in [0.29, 0.717) is 19.7 Å². The van der Waals surface area contributed by atoms with Crippen LogP contribution in [0.2, 0.25) is 0 Å². The number of ether oxygens (including phenoxy) is 1. The number of hydrogen-bond donors (Lipinski definition) is 0. The van der Waals surface area contributed by atoms with Crippen molar-refractivity contribution in [2.75, 3.05) is 20.3 Å². The zero-order valence-corrected chi connectivity index (χ0v) is 19.3. The lowest BCUT2D eigenvalue weighted by Gasteiger charge is -2.28. The Morgan fingerprint density at radius 3 is 2.84 bits per heavy atom. The second-order valence-corrected chi connectivity index (χ2v) is 9.05. The molecule has 0 bridgehead atoms. The summed E-state index contributed by atoms with van der Waals surface area (Å²) in [5.41, 5.74) is 5.95. The average Bonchev–Trinajstić information content (AvgIpc) is 3.28. The first-order chi connectivity index (χ1) is 15.5. The summed E-state index contributed by atoms with van der Waals surface area (Å²) in [7, 11) is 3.67. The van der Waals surface area contributed by atoms with Gasteiger partial charge in [0.1, 0.15) is 12.0 Å². The predicted octanol–water partition coefficient (Wildman–Crippen LogP) is 2.35. The summed E-state index contributed by atoms with van der Waals surface area (Å²) in [6.07, 6.45) is 5.12. The van der Waals surface area contributed by atoms with Crippen molar-refractivity contribution in [1.29, 1.82) is 0 Å². The minimum absolute atomic E-state index is 0.0710. The molecule has 9 heteroatoms. The third kappa shape index (κ3) is 3.64. The van der Waals surface area contributed by atoms with E-state index in [2.05, 4.69) is 19.3 Å². The Labute approximate surface area is 188 Å². The summed E-state index contributed by atoms with van der Waals surface area (Å²) in [6, 6.07) is 2.00. The number of aromatic nitrogens is 6. The maximum Gasteiger partial charge on any atom is 0.255 e. The minimum Gasteiger partial charge on any atom is -0.383 e. The first-order valence-electron chi connectivity index (χ1n) is 11.4. The van der Waals surface area contributed by atoms with Gasteiger partial charge in [-0.15, -0.1) is 10.2 Å². The van der Waals surface area contributed by atoms with Gasteiger partial charge in [-0.1, -0.05) is 0 Å². The van der Waals surface area contributed by atoms with Gasteiger partial charge in [-0.25, -0.2) is 0 Å². The molecular formula is C23H31N7O2. The second-order valence-electron chi connectivity index (χ2n) is 9.05. The molecule has 9 nitrogen and oxygen atoms in total. The Hall–Kier alpha value is -2.94. The number of fused-ring (bicyclic) bond motifs is 1. The fourth-order valence-electron chi connectivity index (χ4n) is 4.81. The lowest BCUT2D eigenvalue weighted by Crippen LogP contribution is -2.36. The maximum atomic E-state index is 13.5. The zero-order chi connectivity index (χ0) is 22.4. The molecule has 4 heterocycles. The molecule has 0 N–H and O–H groups in total. The molecule has 170 valence electrons. The van der Waals surface area contributed by atoms with E-state index in [0.717, 1.165) is 59.5 Å². The number of carbonyl (C=O) groups excluding carboxylic acids is 1. The number of aryl methyl sites for hydroxylation is 2. The molecule has 1 fully saturated rings. The van der Waals surface area contributed by atoms with Crippen LogP contribution in [0.3, 0.4) is 0 Å². The summed E-state index contributed by atoms with van der Waals surface area (Å²) in [5, 5.41) is 13.3. The van der Waals surface area contributed by atoms with E-state index >= 15 is 0 Å². The lowest BCUT2D eigenvalue weighted by molar-refractivity contribution is 0.0732. The molecule has 1 saturated carbocycles. The smallest absolute Gasteiger partial charge is 0.255 e. The van der Waals surface area contributed by atoms with Gasteiger partial charge in [-0.3, -0.25) is 9.48 Å². The summed E-state index contributed by atoms with van der Waals surface area (Å²) >= 11 is 0. The molecule has 32 heavy (non-hydrogen) atoms. The van der Waals surface area contributed by atoms with Crippen LogP contribution in [-0.2, 0) is 37.8 Å². The lowest BCUT2D eigenvalue weighted by atomic mass is 10.0. The summed E-state index contributed by atoms with van der Waals surface area (Å²) in [5.74, 6) is 1.60. The molecule has 3 aromatic heterocycles. The van der Waals surface area contributed by atoms with Gasteiger partial charge in [-0.2, -0.15) is 5.10 Å². The Morgan fingerprint density at radius 2 is 2.09 bits per heavy atom. The largest absolute Gasteiger partial charge is 0.383 e. The van der Waals surface area contributed by atoms with Gasteiger partial charge in [0.25, 0.3) is 5.91 Å². The van der Waals surface area contributed by atoms with Gasteiger partial charge < -0.3 is 18.8 Å². The van der Waals surface area contributed by atoms with Crippen LogP contribution in [0.5, 0.6) is 0 Å². The van der Waals surface area contributed by atoms with Crippen molar-refractivity contribution >= 4 is 5.91 Å². The van der Waals surface area contributed by atoms with Crippen molar-refractivity contribution in [2.45, 2.75) is 52.7 Å². The van der Waals surface area contributed by atoms with Gasteiger partial charge in [-0.05, 0) is 38.7 Å². The Bertz CT molecular complexity index is 1150. The molecule has 5 rings (SSSR count). The fourth-order valence-corrected chi connectivity index (χ4v) is 4.81. The molecule has 1 amide bonds. The van der Waals surface area contributed by atoms with Gasteiger partial charge in [0, 0.05) is 62.9 Å². The number of nitrogens with zero attached hydrogens (tertiary/aromatic N) is 7. The third-order valence-corrected chi connectivity index (χ3v) is 6.83. The first-order valence-corrected chi connectivity index (χ1v) is 11.4. The van der Waals surface area contributed by atoms with Gasteiger partial charge >= 0.3 is 0 Å². The Balaban J connectivity index is 1.43. The highest BCUT2D eigenvalue weighted by Gasteiger charge is 2.31. The van der Waals surface area contributed by atoms with E-state index in [1.165, 1.54) is 18.5 Å². The van der Waals surface area contributed by atoms with Crippen molar-refractivity contribution in [2.24, 2.45) is 13.0 Å². The number of rotatable bonds is 7. The van der Waals surface area contributed by atoms with E-state index in [1.54, 1.807) is 13.4 Å². The molecule has 2 aliphatic rings. The van der Waals surface area contributed by atoms with E-state index in [1.807, 2.05) is 36.5 Å². The van der Waals surface area contributed by atoms with Crippen LogP contribution in [-0.4, -0.2) is 60.2 Å². The van der Waals surface area contributed by atoms with E-state index in [4.69, 9.17) is 9.84 Å². The quantitative estimate of drug-likeness (QED) is 0.567. The molecule has 0 aromatic carbocycles. The fraction of sp³-hybridized carbons (Fsp3) is 0.565. The van der Waals surface area contributed by atoms with Crippen LogP contribution in [0.1, 0.15) is 45.8 Å². The standard InChI is InChI=1S/C23H31N7O2/c1-15-11-18(16(2)30(15)9-10-32-4)23(31)28-8-7-20-19(13-28)21(26-27(20)3)22-25-24-14-29(22)12-17-5-6-17/h11,14,17H,5-10,12-13H2,1-4H3. The molecule has 0 unspecified atom stereocenters. The molecular weight excluding hydrogens is 406 g/mol. The monoisotopic (exact) mass is 437 g/mol. The van der Waals surface area contributed by atoms with E-state index < -0.39 is 0 Å². The van der Waals surface area contributed by atoms with Crippen molar-refractivity contribution in [3.63, 3.8) is 0 Å². The second kappa shape index (κ2) is 8.20. The van der Waals surface area contributed by atoms with Crippen LogP contribution in [0, 0.1) is 19.8 Å². The Kier molecular flexibility index (Phi) is 5.36. The van der Waals surface area contributed by atoms with Crippen molar-refractivity contribution in [1.82, 2.24) is 34.0 Å². The van der Waals surface area contributed by atoms with Crippen LogP contribution in [0.4, 0.5) is 0 Å². The highest BCUT2D eigenvalue weighted by Crippen LogP contribution is 2.34. The van der Waals surface area contributed by atoms with E-state index in [9.17, 15) is 4.79 Å². The van der Waals surface area contributed by atoms with Crippen LogP contribution < -0.4 is 0 Å². The average molecular weight is 438 g/mol. The topological polar surface area (TPSA) is 83.0 Å². The van der Waals surface area contributed by atoms with Gasteiger partial charge in [0.2, 0.25) is 0 Å². The summed E-state index contributed by atoms with van der Waals surface area (Å²) < 4.78 is 11.4. The maximum absolute atomic E-state index is 13.5. The van der Waals surface area contributed by atoms with Crippen LogP contribution in [0.15, 0.2) is 12.4 Å². The van der Waals surface area contributed by atoms with Gasteiger partial charge in [0.05, 0.1) is 18.7 Å². The third-order valence-electron chi connectivity index (χ3n) is 6.83. The van der Waals surface area contributed by atoms with Crippen molar-refractivity contribution < 1.29 is 9.53 Å². The molecule has 0 radical (unpaired) electrons.